The highest BCUT2D eigenvalue weighted by molar-refractivity contribution is 4.99. The van der Waals surface area contributed by atoms with Crippen molar-refractivity contribution in [3.05, 3.63) is 12.2 Å². The van der Waals surface area contributed by atoms with Gasteiger partial charge in [-0.05, 0) is 18.8 Å². The van der Waals surface area contributed by atoms with Gasteiger partial charge in [0.1, 0.15) is 0 Å². The van der Waals surface area contributed by atoms with E-state index in [4.69, 9.17) is 0 Å². The van der Waals surface area contributed by atoms with Crippen LogP contribution in [0.3, 0.4) is 0 Å². The zero-order valence-electron chi connectivity index (χ0n) is 9.02. The van der Waals surface area contributed by atoms with Crippen LogP contribution in [0.2, 0.25) is 0 Å². The SMILES string of the molecule is CC1CCCCC1N1CC=C[C@@H](O)C1. The second-order valence-corrected chi connectivity index (χ2v) is 4.78. The predicted octanol–water partition coefficient (Wildman–Crippen LogP) is 1.80. The Labute approximate surface area is 86.6 Å². The molecule has 1 saturated carbocycles. The second kappa shape index (κ2) is 4.45. The quantitative estimate of drug-likeness (QED) is 0.645. The lowest BCUT2D eigenvalue weighted by Crippen LogP contribution is -2.46. The van der Waals surface area contributed by atoms with E-state index in [-0.39, 0.29) is 6.10 Å². The lowest BCUT2D eigenvalue weighted by Gasteiger charge is -2.40. The average Bonchev–Trinajstić information content (AvgIpc) is 2.18. The molecule has 0 spiro atoms. The van der Waals surface area contributed by atoms with Gasteiger partial charge in [0.25, 0.3) is 0 Å². The number of hydrogen-bond acceptors (Lipinski definition) is 2. The maximum atomic E-state index is 9.57. The Morgan fingerprint density at radius 3 is 2.79 bits per heavy atom. The number of hydrogen-bond donors (Lipinski definition) is 1. The third-order valence-corrected chi connectivity index (χ3v) is 3.65. The predicted molar refractivity (Wildman–Crippen MR) is 58.1 cm³/mol. The number of rotatable bonds is 1. The summed E-state index contributed by atoms with van der Waals surface area (Å²) in [5.74, 6) is 0.808. The molecule has 0 aromatic carbocycles. The van der Waals surface area contributed by atoms with Gasteiger partial charge in [0.05, 0.1) is 6.10 Å². The third-order valence-electron chi connectivity index (χ3n) is 3.65. The van der Waals surface area contributed by atoms with Crippen molar-refractivity contribution in [3.63, 3.8) is 0 Å². The maximum absolute atomic E-state index is 9.57. The molecule has 1 aliphatic heterocycles. The Morgan fingerprint density at radius 2 is 2.07 bits per heavy atom. The second-order valence-electron chi connectivity index (χ2n) is 4.78. The molecule has 1 aliphatic carbocycles. The number of aliphatic hydroxyl groups excluding tert-OH is 1. The first-order valence-corrected chi connectivity index (χ1v) is 5.86. The van der Waals surface area contributed by atoms with Crippen molar-refractivity contribution in [1.82, 2.24) is 4.90 Å². The molecule has 2 heteroatoms. The molecule has 2 rings (SSSR count). The van der Waals surface area contributed by atoms with E-state index in [0.29, 0.717) is 6.04 Å². The lowest BCUT2D eigenvalue weighted by molar-refractivity contribution is 0.0711. The van der Waals surface area contributed by atoms with Crippen molar-refractivity contribution < 1.29 is 5.11 Å². The van der Waals surface area contributed by atoms with E-state index >= 15 is 0 Å². The Bertz CT molecular complexity index is 214. The monoisotopic (exact) mass is 195 g/mol. The van der Waals surface area contributed by atoms with E-state index in [2.05, 4.69) is 17.9 Å². The Kier molecular flexibility index (Phi) is 3.24. The summed E-state index contributed by atoms with van der Waals surface area (Å²) in [5.41, 5.74) is 0. The van der Waals surface area contributed by atoms with Gasteiger partial charge >= 0.3 is 0 Å². The summed E-state index contributed by atoms with van der Waals surface area (Å²) in [4.78, 5) is 2.45. The Hall–Kier alpha value is -0.340. The summed E-state index contributed by atoms with van der Waals surface area (Å²) in [7, 11) is 0. The van der Waals surface area contributed by atoms with Gasteiger partial charge in [-0.15, -0.1) is 0 Å². The van der Waals surface area contributed by atoms with Crippen LogP contribution in [-0.2, 0) is 0 Å². The molecule has 0 bridgehead atoms. The van der Waals surface area contributed by atoms with Crippen molar-refractivity contribution in [2.45, 2.75) is 44.8 Å². The van der Waals surface area contributed by atoms with Crippen molar-refractivity contribution >= 4 is 0 Å². The first kappa shape index (κ1) is 10.2. The van der Waals surface area contributed by atoms with Crippen LogP contribution in [0.1, 0.15) is 32.6 Å². The van der Waals surface area contributed by atoms with Gasteiger partial charge in [0, 0.05) is 19.1 Å². The van der Waals surface area contributed by atoms with Crippen LogP contribution in [0.15, 0.2) is 12.2 Å². The molecule has 2 unspecified atom stereocenters. The number of β-amino-alcohol motifs (C(OH)–C–C–N with tert-alkyl or cyclic N) is 1. The van der Waals surface area contributed by atoms with Crippen molar-refractivity contribution in [3.8, 4) is 0 Å². The molecule has 3 atom stereocenters. The van der Waals surface area contributed by atoms with Crippen LogP contribution in [0.25, 0.3) is 0 Å². The first-order chi connectivity index (χ1) is 6.77. The minimum Gasteiger partial charge on any atom is -0.388 e. The van der Waals surface area contributed by atoms with Gasteiger partial charge in [0.2, 0.25) is 0 Å². The summed E-state index contributed by atoms with van der Waals surface area (Å²) >= 11 is 0. The molecule has 1 N–H and O–H groups in total. The van der Waals surface area contributed by atoms with E-state index in [1.165, 1.54) is 25.7 Å². The molecular weight excluding hydrogens is 174 g/mol. The molecule has 14 heavy (non-hydrogen) atoms. The van der Waals surface area contributed by atoms with Gasteiger partial charge in [-0.2, -0.15) is 0 Å². The summed E-state index contributed by atoms with van der Waals surface area (Å²) in [6, 6.07) is 0.711. The Morgan fingerprint density at radius 1 is 1.29 bits per heavy atom. The highest BCUT2D eigenvalue weighted by Crippen LogP contribution is 2.28. The molecule has 80 valence electrons. The average molecular weight is 195 g/mol. The van der Waals surface area contributed by atoms with E-state index < -0.39 is 0 Å². The fraction of sp³-hybridized carbons (Fsp3) is 0.833. The van der Waals surface area contributed by atoms with Gasteiger partial charge in [-0.3, -0.25) is 4.90 Å². The molecule has 0 radical (unpaired) electrons. The third kappa shape index (κ3) is 2.18. The van der Waals surface area contributed by atoms with Gasteiger partial charge < -0.3 is 5.11 Å². The molecular formula is C12H21NO. The molecule has 0 aromatic heterocycles. The fourth-order valence-corrected chi connectivity index (χ4v) is 2.84. The van der Waals surface area contributed by atoms with Crippen LogP contribution in [-0.4, -0.2) is 35.2 Å². The van der Waals surface area contributed by atoms with Crippen LogP contribution >= 0.6 is 0 Å². The van der Waals surface area contributed by atoms with Crippen LogP contribution in [0, 0.1) is 5.92 Å². The van der Waals surface area contributed by atoms with Crippen LogP contribution in [0.5, 0.6) is 0 Å². The van der Waals surface area contributed by atoms with Gasteiger partial charge in [-0.1, -0.05) is 31.9 Å². The molecule has 2 nitrogen and oxygen atoms in total. The molecule has 0 saturated heterocycles. The summed E-state index contributed by atoms with van der Waals surface area (Å²) in [6.07, 6.45) is 9.23. The molecule has 0 amide bonds. The highest BCUT2D eigenvalue weighted by atomic mass is 16.3. The lowest BCUT2D eigenvalue weighted by atomic mass is 9.84. The van der Waals surface area contributed by atoms with E-state index in [0.717, 1.165) is 19.0 Å². The highest BCUT2D eigenvalue weighted by Gasteiger charge is 2.28. The largest absolute Gasteiger partial charge is 0.388 e. The summed E-state index contributed by atoms with van der Waals surface area (Å²) in [6.45, 7) is 4.23. The van der Waals surface area contributed by atoms with Crippen molar-refractivity contribution in [2.75, 3.05) is 13.1 Å². The molecule has 1 heterocycles. The van der Waals surface area contributed by atoms with Gasteiger partial charge in [-0.25, -0.2) is 0 Å². The molecule has 1 fully saturated rings. The van der Waals surface area contributed by atoms with Gasteiger partial charge in [0.15, 0.2) is 0 Å². The zero-order valence-corrected chi connectivity index (χ0v) is 9.02. The topological polar surface area (TPSA) is 23.5 Å². The maximum Gasteiger partial charge on any atom is 0.0848 e. The minimum atomic E-state index is -0.238. The number of nitrogens with zero attached hydrogens (tertiary/aromatic N) is 1. The molecule has 2 aliphatic rings. The van der Waals surface area contributed by atoms with Crippen molar-refractivity contribution in [2.24, 2.45) is 5.92 Å². The Balaban J connectivity index is 1.96. The number of aliphatic hydroxyl groups is 1. The normalized spacial score (nSPS) is 40.0. The minimum absolute atomic E-state index is 0.238. The summed E-state index contributed by atoms with van der Waals surface area (Å²) in [5, 5.41) is 9.57. The smallest absolute Gasteiger partial charge is 0.0848 e. The van der Waals surface area contributed by atoms with E-state index in [1.807, 2.05) is 6.08 Å². The standard InChI is InChI=1S/C12H21NO/c1-10-5-2-3-7-12(10)13-8-4-6-11(14)9-13/h4,6,10-12,14H,2-3,5,7-9H2,1H3/t10?,11-,12?/m1/s1. The summed E-state index contributed by atoms with van der Waals surface area (Å²) < 4.78 is 0. The first-order valence-electron chi connectivity index (χ1n) is 5.86. The fourth-order valence-electron chi connectivity index (χ4n) is 2.84. The molecule has 0 aromatic rings. The zero-order chi connectivity index (χ0) is 9.97. The van der Waals surface area contributed by atoms with Crippen LogP contribution in [0.4, 0.5) is 0 Å². The van der Waals surface area contributed by atoms with Crippen LogP contribution < -0.4 is 0 Å². The van der Waals surface area contributed by atoms with E-state index in [1.54, 1.807) is 0 Å². The van der Waals surface area contributed by atoms with E-state index in [9.17, 15) is 5.11 Å². The van der Waals surface area contributed by atoms with Crippen molar-refractivity contribution in [1.29, 1.82) is 0 Å².